The van der Waals surface area contributed by atoms with E-state index in [1.807, 2.05) is 74.5 Å². The van der Waals surface area contributed by atoms with Crippen molar-refractivity contribution in [3.63, 3.8) is 0 Å². The van der Waals surface area contributed by atoms with Crippen LogP contribution in [0.4, 0.5) is 0 Å². The van der Waals surface area contributed by atoms with Gasteiger partial charge in [0.2, 0.25) is 0 Å². The van der Waals surface area contributed by atoms with E-state index in [9.17, 15) is 14.7 Å². The van der Waals surface area contributed by atoms with Gasteiger partial charge >= 0.3 is 0 Å². The second-order valence-corrected chi connectivity index (χ2v) is 8.66. The van der Waals surface area contributed by atoms with E-state index >= 15 is 0 Å². The van der Waals surface area contributed by atoms with Crippen LogP contribution >= 0.6 is 0 Å². The molecule has 0 bridgehead atoms. The van der Waals surface area contributed by atoms with Crippen LogP contribution in [0.2, 0.25) is 0 Å². The van der Waals surface area contributed by atoms with E-state index < -0.39 is 17.7 Å². The second-order valence-electron chi connectivity index (χ2n) is 8.66. The lowest BCUT2D eigenvalue weighted by Gasteiger charge is -2.25. The summed E-state index contributed by atoms with van der Waals surface area (Å²) in [6, 6.07) is 19.9. The van der Waals surface area contributed by atoms with Gasteiger partial charge in [0.05, 0.1) is 31.4 Å². The minimum atomic E-state index is -0.708. The highest BCUT2D eigenvalue weighted by Crippen LogP contribution is 2.41. The predicted octanol–water partition coefficient (Wildman–Crippen LogP) is 4.99. The average molecular weight is 472 g/mol. The van der Waals surface area contributed by atoms with E-state index in [0.717, 1.165) is 28.0 Å². The number of methoxy groups -OCH3 is 2. The number of hydrogen-bond acceptors (Lipinski definition) is 5. The molecule has 0 radical (unpaired) electrons. The van der Waals surface area contributed by atoms with Crippen LogP contribution in [0.25, 0.3) is 5.76 Å². The number of rotatable bonds is 7. The zero-order valence-corrected chi connectivity index (χ0v) is 20.4. The molecule has 6 heteroatoms. The molecule has 1 N–H and O–H groups in total. The largest absolute Gasteiger partial charge is 0.507 e. The standard InChI is InChI=1S/C29H29NO5/c1-18-16-19(2)28(35-4)23(17-18)26(31)24-25(21-8-6-5-7-9-21)30(29(33)27(24)32)15-14-20-10-12-22(34-3)13-11-20/h5-13,16-17,25,31H,14-15H2,1-4H3/b26-24+. The third-order valence-corrected chi connectivity index (χ3v) is 6.33. The number of nitrogens with zero attached hydrogens (tertiary/aromatic N) is 1. The zero-order chi connectivity index (χ0) is 25.1. The van der Waals surface area contributed by atoms with Gasteiger partial charge in [-0.2, -0.15) is 0 Å². The Kier molecular flexibility index (Phi) is 6.92. The molecule has 180 valence electrons. The SMILES string of the molecule is COc1ccc(CCN2C(=O)C(=O)/C(=C(/O)c3cc(C)cc(C)c3OC)C2c2ccccc2)cc1. The van der Waals surface area contributed by atoms with Crippen LogP contribution < -0.4 is 9.47 Å². The van der Waals surface area contributed by atoms with Crippen molar-refractivity contribution in [2.45, 2.75) is 26.3 Å². The smallest absolute Gasteiger partial charge is 0.295 e. The fourth-order valence-corrected chi connectivity index (χ4v) is 4.68. The number of Topliss-reactive ketones (excluding diaryl/α,β-unsaturated/α-hetero) is 1. The summed E-state index contributed by atoms with van der Waals surface area (Å²) in [4.78, 5) is 28.1. The maximum atomic E-state index is 13.3. The molecular formula is C29H29NO5. The van der Waals surface area contributed by atoms with Gasteiger partial charge in [0.15, 0.2) is 0 Å². The molecule has 35 heavy (non-hydrogen) atoms. The lowest BCUT2D eigenvalue weighted by atomic mass is 9.93. The Morgan fingerprint density at radius 3 is 2.26 bits per heavy atom. The van der Waals surface area contributed by atoms with Crippen molar-refractivity contribution >= 4 is 17.4 Å². The highest BCUT2D eigenvalue weighted by atomic mass is 16.5. The highest BCUT2D eigenvalue weighted by Gasteiger charge is 2.46. The first kappa shape index (κ1) is 24.1. The van der Waals surface area contributed by atoms with Crippen molar-refractivity contribution in [2.75, 3.05) is 20.8 Å². The minimum absolute atomic E-state index is 0.0687. The van der Waals surface area contributed by atoms with Crippen molar-refractivity contribution in [1.29, 1.82) is 0 Å². The molecule has 0 spiro atoms. The number of hydrogen-bond donors (Lipinski definition) is 1. The normalized spacial score (nSPS) is 17.0. The fourth-order valence-electron chi connectivity index (χ4n) is 4.68. The lowest BCUT2D eigenvalue weighted by molar-refractivity contribution is -0.139. The molecule has 1 heterocycles. The molecule has 3 aromatic rings. The number of carbonyl (C=O) groups is 2. The molecule has 0 aromatic heterocycles. The van der Waals surface area contributed by atoms with Crippen LogP contribution in [0.3, 0.4) is 0 Å². The number of aryl methyl sites for hydroxylation is 2. The average Bonchev–Trinajstić information content (AvgIpc) is 3.12. The summed E-state index contributed by atoms with van der Waals surface area (Å²) in [6.07, 6.45) is 0.549. The first-order chi connectivity index (χ1) is 16.8. The summed E-state index contributed by atoms with van der Waals surface area (Å²) in [5.41, 5.74) is 3.98. The molecule has 1 atom stereocenters. The van der Waals surface area contributed by atoms with Crippen LogP contribution in [0.5, 0.6) is 11.5 Å². The van der Waals surface area contributed by atoms with Crippen molar-refractivity contribution in [3.05, 3.63) is 100 Å². The molecule has 0 saturated carbocycles. The molecule has 3 aromatic carbocycles. The van der Waals surface area contributed by atoms with Crippen molar-refractivity contribution in [1.82, 2.24) is 4.90 Å². The molecular weight excluding hydrogens is 442 g/mol. The van der Waals surface area contributed by atoms with Gasteiger partial charge in [-0.1, -0.05) is 48.5 Å². The van der Waals surface area contributed by atoms with Crippen molar-refractivity contribution in [2.24, 2.45) is 0 Å². The molecule has 1 aliphatic rings. The summed E-state index contributed by atoms with van der Waals surface area (Å²) < 4.78 is 10.8. The van der Waals surface area contributed by atoms with E-state index in [0.29, 0.717) is 24.3 Å². The molecule has 1 aliphatic heterocycles. The molecule has 1 amide bonds. The number of aliphatic hydroxyl groups excluding tert-OH is 1. The van der Waals surface area contributed by atoms with Crippen LogP contribution in [0.15, 0.2) is 72.3 Å². The van der Waals surface area contributed by atoms with Crippen LogP contribution in [0.1, 0.15) is 33.9 Å². The Labute approximate surface area is 205 Å². The summed E-state index contributed by atoms with van der Waals surface area (Å²) in [5, 5.41) is 11.4. The monoisotopic (exact) mass is 471 g/mol. The van der Waals surface area contributed by atoms with Crippen molar-refractivity contribution < 1.29 is 24.2 Å². The fraction of sp³-hybridized carbons (Fsp3) is 0.241. The summed E-state index contributed by atoms with van der Waals surface area (Å²) in [5.74, 6) is -0.331. The summed E-state index contributed by atoms with van der Waals surface area (Å²) >= 11 is 0. The van der Waals surface area contributed by atoms with Gasteiger partial charge in [0.1, 0.15) is 17.3 Å². The van der Waals surface area contributed by atoms with Gasteiger partial charge in [0.25, 0.3) is 11.7 Å². The Morgan fingerprint density at radius 2 is 1.63 bits per heavy atom. The number of ketones is 1. The molecule has 4 rings (SSSR count). The number of ether oxygens (including phenoxy) is 2. The van der Waals surface area contributed by atoms with Gasteiger partial charge < -0.3 is 19.5 Å². The van der Waals surface area contributed by atoms with E-state index in [2.05, 4.69) is 0 Å². The van der Waals surface area contributed by atoms with E-state index in [1.165, 1.54) is 7.11 Å². The molecule has 1 saturated heterocycles. The number of carbonyl (C=O) groups excluding carboxylic acids is 2. The third kappa shape index (κ3) is 4.64. The van der Waals surface area contributed by atoms with Crippen LogP contribution in [0, 0.1) is 13.8 Å². The zero-order valence-electron chi connectivity index (χ0n) is 20.4. The van der Waals surface area contributed by atoms with E-state index in [4.69, 9.17) is 9.47 Å². The first-order valence-electron chi connectivity index (χ1n) is 11.5. The number of benzene rings is 3. The Morgan fingerprint density at radius 1 is 0.943 bits per heavy atom. The molecule has 1 fully saturated rings. The third-order valence-electron chi connectivity index (χ3n) is 6.33. The van der Waals surface area contributed by atoms with Crippen LogP contribution in [-0.2, 0) is 16.0 Å². The summed E-state index contributed by atoms with van der Waals surface area (Å²) in [6.45, 7) is 4.10. The highest BCUT2D eigenvalue weighted by molar-refractivity contribution is 6.46. The molecule has 6 nitrogen and oxygen atoms in total. The number of amides is 1. The minimum Gasteiger partial charge on any atom is -0.507 e. The molecule has 0 aliphatic carbocycles. The Bertz CT molecular complexity index is 1280. The Balaban J connectivity index is 1.79. The van der Waals surface area contributed by atoms with Crippen molar-refractivity contribution in [3.8, 4) is 11.5 Å². The first-order valence-corrected chi connectivity index (χ1v) is 11.5. The quantitative estimate of drug-likeness (QED) is 0.299. The number of likely N-dealkylation sites (tertiary alicyclic amines) is 1. The Hall–Kier alpha value is -4.06. The maximum absolute atomic E-state index is 13.3. The topological polar surface area (TPSA) is 76.1 Å². The molecule has 1 unspecified atom stereocenters. The number of aliphatic hydroxyl groups is 1. The summed E-state index contributed by atoms with van der Waals surface area (Å²) in [7, 11) is 3.13. The van der Waals surface area contributed by atoms with Gasteiger partial charge in [0, 0.05) is 6.54 Å². The predicted molar refractivity (Wildman–Crippen MR) is 135 cm³/mol. The van der Waals surface area contributed by atoms with E-state index in [1.54, 1.807) is 18.1 Å². The van der Waals surface area contributed by atoms with Gasteiger partial charge in [-0.3, -0.25) is 9.59 Å². The van der Waals surface area contributed by atoms with Gasteiger partial charge in [-0.15, -0.1) is 0 Å². The van der Waals surface area contributed by atoms with Gasteiger partial charge in [-0.05, 0) is 60.7 Å². The lowest BCUT2D eigenvalue weighted by Crippen LogP contribution is -2.31. The van der Waals surface area contributed by atoms with Gasteiger partial charge in [-0.25, -0.2) is 0 Å². The van der Waals surface area contributed by atoms with Crippen LogP contribution in [-0.4, -0.2) is 42.5 Å². The maximum Gasteiger partial charge on any atom is 0.295 e. The second kappa shape index (κ2) is 10.1. The van der Waals surface area contributed by atoms with E-state index in [-0.39, 0.29) is 11.3 Å².